The van der Waals surface area contributed by atoms with Crippen molar-refractivity contribution < 1.29 is 24.9 Å². The number of ether oxygens (including phenoxy) is 1. The van der Waals surface area contributed by atoms with Gasteiger partial charge in [-0.3, -0.25) is 4.79 Å². The number of thiophene rings is 1. The molecule has 28 heavy (non-hydrogen) atoms. The predicted molar refractivity (Wildman–Crippen MR) is 112 cm³/mol. The Labute approximate surface area is 175 Å². The van der Waals surface area contributed by atoms with Crippen LogP contribution in [0.1, 0.15) is 43.4 Å². The molecule has 0 aromatic carbocycles. The van der Waals surface area contributed by atoms with Crippen LogP contribution in [0.15, 0.2) is 30.4 Å². The fourth-order valence-corrected chi connectivity index (χ4v) is 4.43. The summed E-state index contributed by atoms with van der Waals surface area (Å²) >= 11 is 7.46. The first-order chi connectivity index (χ1) is 13.4. The molecule has 5 nitrogen and oxygen atoms in total. The van der Waals surface area contributed by atoms with Gasteiger partial charge in [-0.1, -0.05) is 35.9 Å². The van der Waals surface area contributed by atoms with Gasteiger partial charge in [-0.05, 0) is 50.9 Å². The average molecular weight is 429 g/mol. The lowest BCUT2D eigenvalue weighted by atomic mass is 9.90. The van der Waals surface area contributed by atoms with Gasteiger partial charge >= 0.3 is 5.97 Å². The maximum Gasteiger partial charge on any atom is 0.303 e. The summed E-state index contributed by atoms with van der Waals surface area (Å²) in [5.74, 6) is -0.435. The lowest BCUT2D eigenvalue weighted by Crippen LogP contribution is -2.19. The van der Waals surface area contributed by atoms with E-state index in [-0.39, 0.29) is 31.0 Å². The molecule has 3 N–H and O–H groups in total. The number of halogens is 1. The van der Waals surface area contributed by atoms with Gasteiger partial charge < -0.3 is 20.1 Å². The summed E-state index contributed by atoms with van der Waals surface area (Å²) < 4.78 is 5.58. The SMILES string of the molecule is Cc1sc(OC[C@H](O)C=C[C@H]2CCC(O)[C@@H]2CC=CCCCC(=O)O)cc1Cl. The molecule has 7 heteroatoms. The van der Waals surface area contributed by atoms with E-state index < -0.39 is 12.1 Å². The Morgan fingerprint density at radius 1 is 1.43 bits per heavy atom. The van der Waals surface area contributed by atoms with E-state index in [2.05, 4.69) is 0 Å². The zero-order valence-electron chi connectivity index (χ0n) is 16.1. The van der Waals surface area contributed by atoms with Crippen LogP contribution in [-0.4, -0.2) is 40.1 Å². The number of aryl methyl sites for hydroxylation is 1. The van der Waals surface area contributed by atoms with E-state index in [4.69, 9.17) is 21.4 Å². The van der Waals surface area contributed by atoms with Crippen molar-refractivity contribution in [3.8, 4) is 5.06 Å². The second-order valence-electron chi connectivity index (χ2n) is 7.20. The Kier molecular flexibility index (Phi) is 9.51. The number of aliphatic hydroxyl groups is 2. The van der Waals surface area contributed by atoms with E-state index in [0.717, 1.165) is 30.6 Å². The summed E-state index contributed by atoms with van der Waals surface area (Å²) in [7, 11) is 0. The van der Waals surface area contributed by atoms with Crippen LogP contribution in [0.4, 0.5) is 0 Å². The van der Waals surface area contributed by atoms with Crippen molar-refractivity contribution in [2.45, 2.75) is 57.7 Å². The molecule has 0 bridgehead atoms. The molecule has 1 saturated carbocycles. The van der Waals surface area contributed by atoms with Crippen molar-refractivity contribution in [2.75, 3.05) is 6.61 Å². The first kappa shape index (κ1) is 22.9. The fraction of sp³-hybridized carbons (Fsp3) is 0.571. The van der Waals surface area contributed by atoms with E-state index in [1.54, 1.807) is 12.1 Å². The summed E-state index contributed by atoms with van der Waals surface area (Å²) in [5, 5.41) is 30.4. The van der Waals surface area contributed by atoms with Crippen LogP contribution >= 0.6 is 22.9 Å². The van der Waals surface area contributed by atoms with Gasteiger partial charge in [0.25, 0.3) is 0 Å². The molecule has 4 atom stereocenters. The third-order valence-corrected chi connectivity index (χ3v) is 6.46. The lowest BCUT2D eigenvalue weighted by molar-refractivity contribution is -0.137. The maximum atomic E-state index is 10.5. The first-order valence-corrected chi connectivity index (χ1v) is 10.9. The van der Waals surface area contributed by atoms with E-state index >= 15 is 0 Å². The Morgan fingerprint density at radius 3 is 2.89 bits per heavy atom. The number of rotatable bonds is 11. The quantitative estimate of drug-likeness (QED) is 0.354. The number of carboxylic acid groups (broad SMARTS) is 1. The third-order valence-electron chi connectivity index (χ3n) is 4.99. The molecule has 0 spiro atoms. The number of carboxylic acids is 1. The zero-order valence-corrected chi connectivity index (χ0v) is 17.7. The Bertz CT molecular complexity index is 665. The van der Waals surface area contributed by atoms with Gasteiger partial charge in [-0.25, -0.2) is 0 Å². The molecule has 1 aromatic heterocycles. The molecular weight excluding hydrogens is 400 g/mol. The molecule has 1 fully saturated rings. The van der Waals surface area contributed by atoms with E-state index in [1.165, 1.54) is 11.3 Å². The monoisotopic (exact) mass is 428 g/mol. The summed E-state index contributed by atoms with van der Waals surface area (Å²) in [5.41, 5.74) is 0. The summed E-state index contributed by atoms with van der Waals surface area (Å²) in [6.07, 6.45) is 10.6. The second-order valence-corrected chi connectivity index (χ2v) is 8.82. The molecule has 1 aromatic rings. The summed E-state index contributed by atoms with van der Waals surface area (Å²) in [6, 6.07) is 1.75. The molecule has 0 radical (unpaired) electrons. The molecule has 0 amide bonds. The van der Waals surface area contributed by atoms with E-state index in [1.807, 2.05) is 25.2 Å². The van der Waals surface area contributed by atoms with Crippen LogP contribution < -0.4 is 4.74 Å². The fourth-order valence-electron chi connectivity index (χ4n) is 3.39. The highest BCUT2D eigenvalue weighted by Gasteiger charge is 2.32. The minimum Gasteiger partial charge on any atom is -0.481 e. The van der Waals surface area contributed by atoms with Gasteiger partial charge in [0.05, 0.1) is 11.1 Å². The minimum absolute atomic E-state index is 0.124. The van der Waals surface area contributed by atoms with Gasteiger partial charge in [0.2, 0.25) is 0 Å². The van der Waals surface area contributed by atoms with Gasteiger partial charge in [-0.15, -0.1) is 11.3 Å². The van der Waals surface area contributed by atoms with Crippen LogP contribution in [0.25, 0.3) is 0 Å². The van der Waals surface area contributed by atoms with Gasteiger partial charge in [0.15, 0.2) is 5.06 Å². The minimum atomic E-state index is -0.773. The molecule has 2 rings (SSSR count). The standard InChI is InChI=1S/C21H29ClO5S/c1-14-18(22)12-21(28-14)27-13-16(23)10-8-15-9-11-19(24)17(15)6-4-2-3-5-7-20(25)26/h2,4,8,10,12,15-17,19,23-24H,3,5-7,9,11,13H2,1H3,(H,25,26)/t15-,16+,17+,19?/m0/s1. The molecule has 1 aliphatic rings. The first-order valence-electron chi connectivity index (χ1n) is 9.66. The number of aliphatic hydroxyl groups excluding tert-OH is 2. The highest BCUT2D eigenvalue weighted by atomic mass is 35.5. The molecule has 1 heterocycles. The van der Waals surface area contributed by atoms with Crippen LogP contribution in [0.5, 0.6) is 5.06 Å². The van der Waals surface area contributed by atoms with Crippen molar-refractivity contribution in [2.24, 2.45) is 11.8 Å². The molecule has 0 aliphatic heterocycles. The molecular formula is C21H29ClO5S. The third kappa shape index (κ3) is 7.59. The average Bonchev–Trinajstić information content (AvgIpc) is 3.16. The van der Waals surface area contributed by atoms with Gasteiger partial charge in [0, 0.05) is 17.4 Å². The Morgan fingerprint density at radius 2 is 2.21 bits per heavy atom. The molecule has 1 aliphatic carbocycles. The van der Waals surface area contributed by atoms with Gasteiger partial charge in [0.1, 0.15) is 12.7 Å². The highest BCUT2D eigenvalue weighted by Crippen LogP contribution is 2.36. The number of allylic oxidation sites excluding steroid dienone is 3. The van der Waals surface area contributed by atoms with Crippen molar-refractivity contribution >= 4 is 28.9 Å². The summed E-state index contributed by atoms with van der Waals surface area (Å²) in [6.45, 7) is 2.08. The number of unbranched alkanes of at least 4 members (excludes halogenated alkanes) is 1. The van der Waals surface area contributed by atoms with Crippen molar-refractivity contribution in [1.82, 2.24) is 0 Å². The van der Waals surface area contributed by atoms with Crippen LogP contribution in [0.3, 0.4) is 0 Å². The predicted octanol–water partition coefficient (Wildman–Crippen LogP) is 4.59. The topological polar surface area (TPSA) is 87.0 Å². The largest absolute Gasteiger partial charge is 0.481 e. The molecule has 156 valence electrons. The Balaban J connectivity index is 1.76. The zero-order chi connectivity index (χ0) is 20.5. The van der Waals surface area contributed by atoms with Crippen LogP contribution in [0.2, 0.25) is 5.02 Å². The van der Waals surface area contributed by atoms with Gasteiger partial charge in [-0.2, -0.15) is 0 Å². The van der Waals surface area contributed by atoms with Crippen molar-refractivity contribution in [3.63, 3.8) is 0 Å². The van der Waals surface area contributed by atoms with E-state index in [0.29, 0.717) is 16.5 Å². The number of hydrogen-bond donors (Lipinski definition) is 3. The second kappa shape index (κ2) is 11.6. The van der Waals surface area contributed by atoms with Crippen molar-refractivity contribution in [1.29, 1.82) is 0 Å². The molecule has 0 saturated heterocycles. The normalized spacial score (nSPS) is 23.6. The van der Waals surface area contributed by atoms with Crippen LogP contribution in [-0.2, 0) is 4.79 Å². The van der Waals surface area contributed by atoms with E-state index in [9.17, 15) is 15.0 Å². The highest BCUT2D eigenvalue weighted by molar-refractivity contribution is 7.14. The molecule has 1 unspecified atom stereocenters. The number of carbonyl (C=O) groups is 1. The Hall–Kier alpha value is -1.34. The number of hydrogen-bond acceptors (Lipinski definition) is 5. The van der Waals surface area contributed by atoms with Crippen LogP contribution in [0, 0.1) is 18.8 Å². The lowest BCUT2D eigenvalue weighted by Gasteiger charge is -2.18. The number of aliphatic carboxylic acids is 1. The summed E-state index contributed by atoms with van der Waals surface area (Å²) in [4.78, 5) is 11.5. The smallest absolute Gasteiger partial charge is 0.303 e. The van der Waals surface area contributed by atoms with Crippen molar-refractivity contribution in [3.05, 3.63) is 40.3 Å². The maximum absolute atomic E-state index is 10.5.